The van der Waals surface area contributed by atoms with E-state index in [1.807, 2.05) is 7.05 Å². The maximum Gasteiger partial charge on any atom is 0.0761 e. The lowest BCUT2D eigenvalue weighted by molar-refractivity contribution is 0.232. The van der Waals surface area contributed by atoms with E-state index in [0.717, 1.165) is 17.8 Å². The van der Waals surface area contributed by atoms with Crippen LogP contribution in [-0.2, 0) is 0 Å². The highest BCUT2D eigenvalue weighted by molar-refractivity contribution is 5.23. The maximum absolute atomic E-state index is 4.13. The van der Waals surface area contributed by atoms with Gasteiger partial charge in [-0.1, -0.05) is 27.0 Å². The third kappa shape index (κ3) is 2.36. The van der Waals surface area contributed by atoms with E-state index in [-0.39, 0.29) is 5.54 Å². The van der Waals surface area contributed by atoms with Crippen LogP contribution in [0.25, 0.3) is 0 Å². The largest absolute Gasteiger partial charge is 0.390 e. The minimum absolute atomic E-state index is 0.0786. The van der Waals surface area contributed by atoms with Gasteiger partial charge in [0.25, 0.3) is 0 Å². The molecule has 1 saturated carbocycles. The molecule has 2 nitrogen and oxygen atoms in total. The summed E-state index contributed by atoms with van der Waals surface area (Å²) in [5.41, 5.74) is 2.32. The van der Waals surface area contributed by atoms with E-state index in [0.29, 0.717) is 5.92 Å². The van der Waals surface area contributed by atoms with E-state index in [9.17, 15) is 0 Å². The summed E-state index contributed by atoms with van der Waals surface area (Å²) in [5.74, 6) is 0.534. The molecule has 0 aromatic carbocycles. The van der Waals surface area contributed by atoms with Crippen molar-refractivity contribution in [3.8, 4) is 0 Å². The Kier molecular flexibility index (Phi) is 3.83. The third-order valence-corrected chi connectivity index (χ3v) is 3.69. The van der Waals surface area contributed by atoms with E-state index < -0.39 is 0 Å². The van der Waals surface area contributed by atoms with E-state index >= 15 is 0 Å². The first-order valence-corrected chi connectivity index (χ1v) is 5.90. The summed E-state index contributed by atoms with van der Waals surface area (Å²) in [5, 5.41) is 6.75. The van der Waals surface area contributed by atoms with E-state index in [1.54, 1.807) is 0 Å². The van der Waals surface area contributed by atoms with Gasteiger partial charge in [0.05, 0.1) is 5.54 Å². The molecule has 1 rings (SSSR count). The molecule has 0 amide bonds. The lowest BCUT2D eigenvalue weighted by atomic mass is 9.74. The number of hydrogen-bond acceptors (Lipinski definition) is 2. The Morgan fingerprint density at radius 2 is 2.00 bits per heavy atom. The van der Waals surface area contributed by atoms with Crippen molar-refractivity contribution in [2.75, 3.05) is 7.05 Å². The Morgan fingerprint density at radius 3 is 2.33 bits per heavy atom. The van der Waals surface area contributed by atoms with Crippen LogP contribution in [0.3, 0.4) is 0 Å². The van der Waals surface area contributed by atoms with Crippen molar-refractivity contribution in [1.82, 2.24) is 10.6 Å². The molecule has 0 bridgehead atoms. The first-order valence-electron chi connectivity index (χ1n) is 5.90. The molecule has 1 unspecified atom stereocenters. The van der Waals surface area contributed by atoms with Crippen molar-refractivity contribution in [3.05, 3.63) is 24.6 Å². The van der Waals surface area contributed by atoms with Gasteiger partial charge in [0.15, 0.2) is 0 Å². The Morgan fingerprint density at radius 1 is 1.40 bits per heavy atom. The standard InChI is InChI=1S/C13H24N2/c1-6-10(2)11(3)15-13(8-7-9-13)12(4)14-5/h10,14-15H,3-4,6-9H2,1-2,5H3. The van der Waals surface area contributed by atoms with Gasteiger partial charge in [-0.2, -0.15) is 0 Å². The van der Waals surface area contributed by atoms with Crippen LogP contribution in [0.2, 0.25) is 0 Å². The maximum atomic E-state index is 4.13. The molecule has 0 spiro atoms. The number of hydrogen-bond donors (Lipinski definition) is 2. The van der Waals surface area contributed by atoms with Crippen molar-refractivity contribution in [1.29, 1.82) is 0 Å². The SMILES string of the molecule is C=C(NC1(C(=C)NC)CCC1)C(C)CC. The fourth-order valence-corrected chi connectivity index (χ4v) is 1.95. The molecule has 86 valence electrons. The molecule has 0 aromatic rings. The molecule has 1 atom stereocenters. The predicted octanol–water partition coefficient (Wildman–Crippen LogP) is 2.79. The van der Waals surface area contributed by atoms with E-state index in [2.05, 4.69) is 37.6 Å². The van der Waals surface area contributed by atoms with Gasteiger partial charge in [0.2, 0.25) is 0 Å². The first-order chi connectivity index (χ1) is 7.05. The first kappa shape index (κ1) is 12.2. The van der Waals surface area contributed by atoms with Crippen molar-refractivity contribution in [3.63, 3.8) is 0 Å². The Hall–Kier alpha value is -0.920. The summed E-state index contributed by atoms with van der Waals surface area (Å²) < 4.78 is 0. The molecule has 1 aliphatic carbocycles. The summed E-state index contributed by atoms with van der Waals surface area (Å²) in [6.07, 6.45) is 4.75. The summed E-state index contributed by atoms with van der Waals surface area (Å²) in [4.78, 5) is 0. The summed E-state index contributed by atoms with van der Waals surface area (Å²) in [6, 6.07) is 0. The number of rotatable bonds is 6. The zero-order valence-corrected chi connectivity index (χ0v) is 10.3. The highest BCUT2D eigenvalue weighted by Crippen LogP contribution is 2.37. The highest BCUT2D eigenvalue weighted by Gasteiger charge is 2.39. The van der Waals surface area contributed by atoms with Gasteiger partial charge in [-0.25, -0.2) is 0 Å². The fourth-order valence-electron chi connectivity index (χ4n) is 1.95. The Bertz CT molecular complexity index is 251. The highest BCUT2D eigenvalue weighted by atomic mass is 15.1. The van der Waals surface area contributed by atoms with Crippen LogP contribution in [0.5, 0.6) is 0 Å². The molecule has 2 heteroatoms. The summed E-state index contributed by atoms with van der Waals surface area (Å²) in [7, 11) is 1.94. The smallest absolute Gasteiger partial charge is 0.0761 e. The van der Waals surface area contributed by atoms with Gasteiger partial charge in [0, 0.05) is 18.4 Å². The van der Waals surface area contributed by atoms with Crippen molar-refractivity contribution < 1.29 is 0 Å². The molecule has 0 aliphatic heterocycles. The van der Waals surface area contributed by atoms with Crippen LogP contribution in [0.4, 0.5) is 0 Å². The summed E-state index contributed by atoms with van der Waals surface area (Å²) in [6.45, 7) is 12.6. The van der Waals surface area contributed by atoms with Gasteiger partial charge >= 0.3 is 0 Å². The topological polar surface area (TPSA) is 24.1 Å². The van der Waals surface area contributed by atoms with Crippen molar-refractivity contribution in [2.45, 2.75) is 45.1 Å². The molecule has 0 saturated heterocycles. The van der Waals surface area contributed by atoms with Crippen LogP contribution in [-0.4, -0.2) is 12.6 Å². The molecule has 0 radical (unpaired) electrons. The minimum Gasteiger partial charge on any atom is -0.390 e. The summed E-state index contributed by atoms with van der Waals surface area (Å²) >= 11 is 0. The minimum atomic E-state index is 0.0786. The lowest BCUT2D eigenvalue weighted by Gasteiger charge is -2.46. The molecule has 15 heavy (non-hydrogen) atoms. The van der Waals surface area contributed by atoms with Gasteiger partial charge in [-0.3, -0.25) is 0 Å². The van der Waals surface area contributed by atoms with Gasteiger partial charge < -0.3 is 10.6 Å². The fraction of sp³-hybridized carbons (Fsp3) is 0.692. The van der Waals surface area contributed by atoms with Crippen LogP contribution >= 0.6 is 0 Å². The average molecular weight is 208 g/mol. The lowest BCUT2D eigenvalue weighted by Crippen LogP contribution is -2.54. The van der Waals surface area contributed by atoms with E-state index in [4.69, 9.17) is 0 Å². The Balaban J connectivity index is 2.61. The molecular formula is C13H24N2. The molecule has 2 N–H and O–H groups in total. The molecular weight excluding hydrogens is 184 g/mol. The van der Waals surface area contributed by atoms with Crippen molar-refractivity contribution in [2.24, 2.45) is 5.92 Å². The molecule has 1 fully saturated rings. The van der Waals surface area contributed by atoms with Crippen LogP contribution in [0.1, 0.15) is 39.5 Å². The van der Waals surface area contributed by atoms with Gasteiger partial charge in [-0.05, 0) is 31.6 Å². The molecule has 1 aliphatic rings. The number of likely N-dealkylation sites (N-methyl/N-ethyl adjacent to an activating group) is 1. The molecule has 0 heterocycles. The zero-order valence-electron chi connectivity index (χ0n) is 10.3. The van der Waals surface area contributed by atoms with E-state index in [1.165, 1.54) is 19.3 Å². The van der Waals surface area contributed by atoms with Crippen LogP contribution < -0.4 is 10.6 Å². The zero-order chi connectivity index (χ0) is 11.5. The van der Waals surface area contributed by atoms with Crippen molar-refractivity contribution >= 4 is 0 Å². The van der Waals surface area contributed by atoms with Crippen LogP contribution in [0.15, 0.2) is 24.6 Å². The second kappa shape index (κ2) is 4.73. The van der Waals surface area contributed by atoms with Gasteiger partial charge in [0.1, 0.15) is 0 Å². The van der Waals surface area contributed by atoms with Crippen LogP contribution in [0, 0.1) is 5.92 Å². The third-order valence-electron chi connectivity index (χ3n) is 3.69. The monoisotopic (exact) mass is 208 g/mol. The average Bonchev–Trinajstić information content (AvgIpc) is 2.20. The normalized spacial score (nSPS) is 19.9. The molecule has 0 aromatic heterocycles. The quantitative estimate of drug-likeness (QED) is 0.701. The number of nitrogens with one attached hydrogen (secondary N) is 2. The van der Waals surface area contributed by atoms with Gasteiger partial charge in [-0.15, -0.1) is 0 Å². The number of allylic oxidation sites excluding steroid dienone is 1. The Labute approximate surface area is 93.8 Å². The predicted molar refractivity (Wildman–Crippen MR) is 66.5 cm³/mol. The second-order valence-electron chi connectivity index (χ2n) is 4.62. The second-order valence-corrected chi connectivity index (χ2v) is 4.62.